The molecule has 0 atom stereocenters. The average molecular weight is 382 g/mol. The molecule has 6 heteroatoms. The Balaban J connectivity index is 2.39. The topological polar surface area (TPSA) is 89.9 Å². The molecule has 0 saturated carbocycles. The number of carbonyl (C=O) groups excluding carboxylic acids is 1. The number of carboxylic acid groups (broad SMARTS) is 1. The van der Waals surface area contributed by atoms with Crippen LogP contribution in [0.3, 0.4) is 0 Å². The first kappa shape index (κ1) is 21.2. The van der Waals surface area contributed by atoms with Gasteiger partial charge in [0.15, 0.2) is 0 Å². The van der Waals surface area contributed by atoms with Crippen LogP contribution in [0.5, 0.6) is 0 Å². The van der Waals surface area contributed by atoms with Crippen LogP contribution >= 0.6 is 0 Å². The highest BCUT2D eigenvalue weighted by atomic mass is 16.4. The van der Waals surface area contributed by atoms with Gasteiger partial charge in [0.25, 0.3) is 5.91 Å². The molecule has 6 nitrogen and oxygen atoms in total. The van der Waals surface area contributed by atoms with E-state index in [0.717, 1.165) is 19.6 Å². The third-order valence-corrected chi connectivity index (χ3v) is 4.55. The van der Waals surface area contributed by atoms with E-state index in [1.165, 1.54) is 0 Å². The summed E-state index contributed by atoms with van der Waals surface area (Å²) in [6.45, 7) is 7.12. The minimum absolute atomic E-state index is 0.114. The maximum Gasteiger partial charge on any atom is 0.371 e. The molecule has 3 N–H and O–H groups in total. The highest BCUT2D eigenvalue weighted by molar-refractivity contribution is 6.05. The zero-order valence-corrected chi connectivity index (χ0v) is 16.2. The predicted octanol–water partition coefficient (Wildman–Crippen LogP) is 3.16. The zero-order valence-electron chi connectivity index (χ0n) is 16.2. The van der Waals surface area contributed by atoms with E-state index in [2.05, 4.69) is 24.1 Å². The first-order chi connectivity index (χ1) is 13.5. The van der Waals surface area contributed by atoms with Crippen molar-refractivity contribution in [2.45, 2.75) is 13.8 Å². The van der Waals surface area contributed by atoms with E-state index < -0.39 is 11.7 Å². The number of aliphatic hydroxyl groups excluding tert-OH is 1. The summed E-state index contributed by atoms with van der Waals surface area (Å²) in [5.41, 5.74) is 1.32. The molecule has 0 unspecified atom stereocenters. The van der Waals surface area contributed by atoms with E-state index >= 15 is 0 Å². The van der Waals surface area contributed by atoms with Gasteiger partial charge in [-0.05, 0) is 30.3 Å². The van der Waals surface area contributed by atoms with E-state index in [9.17, 15) is 19.8 Å². The highest BCUT2D eigenvalue weighted by Gasteiger charge is 2.21. The van der Waals surface area contributed by atoms with Crippen LogP contribution in [0.2, 0.25) is 0 Å². The summed E-state index contributed by atoms with van der Waals surface area (Å²) in [6.07, 6.45) is 0. The Kier molecular flexibility index (Phi) is 7.77. The number of carbonyl (C=O) groups is 2. The van der Waals surface area contributed by atoms with Gasteiger partial charge in [0.2, 0.25) is 5.76 Å². The van der Waals surface area contributed by atoms with Crippen molar-refractivity contribution >= 4 is 17.4 Å². The van der Waals surface area contributed by atoms with E-state index in [1.807, 2.05) is 0 Å². The third kappa shape index (κ3) is 5.20. The van der Waals surface area contributed by atoms with Crippen molar-refractivity contribution in [2.24, 2.45) is 0 Å². The molecule has 0 heterocycles. The van der Waals surface area contributed by atoms with Crippen LogP contribution in [0.1, 0.15) is 35.3 Å². The molecule has 2 aromatic carbocycles. The number of hydrogen-bond donors (Lipinski definition) is 3. The van der Waals surface area contributed by atoms with Gasteiger partial charge in [-0.15, -0.1) is 0 Å². The molecule has 0 fully saturated rings. The van der Waals surface area contributed by atoms with E-state index in [-0.39, 0.29) is 11.5 Å². The number of hydrogen-bond acceptors (Lipinski definition) is 4. The number of carboxylic acids is 1. The summed E-state index contributed by atoms with van der Waals surface area (Å²) in [5, 5.41) is 22.5. The quantitative estimate of drug-likeness (QED) is 0.458. The Labute approximate surface area is 165 Å². The predicted molar refractivity (Wildman–Crippen MR) is 109 cm³/mol. The number of amides is 1. The van der Waals surface area contributed by atoms with Crippen LogP contribution in [-0.4, -0.2) is 53.2 Å². The lowest BCUT2D eigenvalue weighted by Gasteiger charge is -2.19. The van der Waals surface area contributed by atoms with Gasteiger partial charge in [0, 0.05) is 24.2 Å². The fourth-order valence-electron chi connectivity index (χ4n) is 2.99. The standard InChI is InChI=1S/C22H26N2O4/c1-3-24(4-2)15-14-23-21(26)18-13-9-8-12-17(18)19(20(25)22(27)28)16-10-6-5-7-11-16/h5-13,25H,3-4,14-15H2,1-2H3,(H,23,26)(H,27,28)/b20-19-. The van der Waals surface area contributed by atoms with Gasteiger partial charge in [0.05, 0.1) is 0 Å². The van der Waals surface area contributed by atoms with Crippen LogP contribution < -0.4 is 5.32 Å². The van der Waals surface area contributed by atoms with Crippen molar-refractivity contribution in [3.63, 3.8) is 0 Å². The highest BCUT2D eigenvalue weighted by Crippen LogP contribution is 2.29. The van der Waals surface area contributed by atoms with Gasteiger partial charge in [-0.1, -0.05) is 62.4 Å². The Morgan fingerprint density at radius 2 is 1.46 bits per heavy atom. The SMILES string of the molecule is CCN(CC)CCNC(=O)c1ccccc1/C(=C(\O)C(=O)O)c1ccccc1. The van der Waals surface area contributed by atoms with Gasteiger partial charge < -0.3 is 20.4 Å². The fraction of sp³-hybridized carbons (Fsp3) is 0.273. The molecule has 0 aliphatic rings. The summed E-state index contributed by atoms with van der Waals surface area (Å²) in [6, 6.07) is 15.4. The average Bonchev–Trinajstić information content (AvgIpc) is 2.72. The van der Waals surface area contributed by atoms with Crippen molar-refractivity contribution in [1.82, 2.24) is 10.2 Å². The normalized spacial score (nSPS) is 11.8. The van der Waals surface area contributed by atoms with Gasteiger partial charge in [0.1, 0.15) is 0 Å². The molecular formula is C22H26N2O4. The van der Waals surface area contributed by atoms with Crippen LogP contribution in [-0.2, 0) is 4.79 Å². The lowest BCUT2D eigenvalue weighted by atomic mass is 9.92. The molecule has 0 aliphatic carbocycles. The second kappa shape index (κ2) is 10.3. The molecule has 2 rings (SSSR count). The summed E-state index contributed by atoms with van der Waals surface area (Å²) < 4.78 is 0. The first-order valence-electron chi connectivity index (χ1n) is 9.31. The molecule has 0 radical (unpaired) electrons. The molecule has 2 aromatic rings. The third-order valence-electron chi connectivity index (χ3n) is 4.55. The lowest BCUT2D eigenvalue weighted by Crippen LogP contribution is -2.35. The van der Waals surface area contributed by atoms with E-state index in [1.54, 1.807) is 54.6 Å². The molecule has 1 amide bonds. The first-order valence-corrected chi connectivity index (χ1v) is 9.31. The molecule has 0 bridgehead atoms. The Hall–Kier alpha value is -3.12. The van der Waals surface area contributed by atoms with Crippen molar-refractivity contribution in [1.29, 1.82) is 0 Å². The van der Waals surface area contributed by atoms with Crippen LogP contribution in [0.25, 0.3) is 5.57 Å². The Morgan fingerprint density at radius 3 is 2.04 bits per heavy atom. The number of nitrogens with one attached hydrogen (secondary N) is 1. The number of rotatable bonds is 9. The van der Waals surface area contributed by atoms with Gasteiger partial charge in [-0.3, -0.25) is 4.79 Å². The number of aliphatic hydroxyl groups is 1. The van der Waals surface area contributed by atoms with Crippen LogP contribution in [0.15, 0.2) is 60.4 Å². The van der Waals surface area contributed by atoms with Crippen LogP contribution in [0, 0.1) is 0 Å². The monoisotopic (exact) mass is 382 g/mol. The fourth-order valence-corrected chi connectivity index (χ4v) is 2.99. The molecule has 0 aliphatic heterocycles. The molecule has 148 valence electrons. The molecule has 0 aromatic heterocycles. The molecule has 0 saturated heterocycles. The van der Waals surface area contributed by atoms with Gasteiger partial charge in [-0.2, -0.15) is 0 Å². The largest absolute Gasteiger partial charge is 0.501 e. The number of aliphatic carboxylic acids is 1. The zero-order chi connectivity index (χ0) is 20.5. The van der Waals surface area contributed by atoms with Gasteiger partial charge in [-0.25, -0.2) is 4.79 Å². The van der Waals surface area contributed by atoms with Crippen LogP contribution in [0.4, 0.5) is 0 Å². The van der Waals surface area contributed by atoms with Crippen molar-refractivity contribution in [3.05, 3.63) is 77.0 Å². The summed E-state index contributed by atoms with van der Waals surface area (Å²) >= 11 is 0. The molecule has 0 spiro atoms. The second-order valence-electron chi connectivity index (χ2n) is 6.22. The van der Waals surface area contributed by atoms with Crippen molar-refractivity contribution in [2.75, 3.05) is 26.2 Å². The maximum atomic E-state index is 12.8. The smallest absolute Gasteiger partial charge is 0.371 e. The summed E-state index contributed by atoms with van der Waals surface area (Å²) in [7, 11) is 0. The minimum Gasteiger partial charge on any atom is -0.501 e. The maximum absolute atomic E-state index is 12.8. The van der Waals surface area contributed by atoms with E-state index in [0.29, 0.717) is 23.2 Å². The van der Waals surface area contributed by atoms with Crippen molar-refractivity contribution < 1.29 is 19.8 Å². The Morgan fingerprint density at radius 1 is 0.893 bits per heavy atom. The number of nitrogens with zero attached hydrogens (tertiary/aromatic N) is 1. The molecule has 28 heavy (non-hydrogen) atoms. The van der Waals surface area contributed by atoms with Gasteiger partial charge >= 0.3 is 5.97 Å². The number of likely N-dealkylation sites (N-methyl/N-ethyl adjacent to an activating group) is 1. The summed E-state index contributed by atoms with van der Waals surface area (Å²) in [4.78, 5) is 26.4. The molecular weight excluding hydrogens is 356 g/mol. The second-order valence-corrected chi connectivity index (χ2v) is 6.22. The van der Waals surface area contributed by atoms with E-state index in [4.69, 9.17) is 0 Å². The number of benzene rings is 2. The van der Waals surface area contributed by atoms with Crippen molar-refractivity contribution in [3.8, 4) is 0 Å². The Bertz CT molecular complexity index is 843. The lowest BCUT2D eigenvalue weighted by molar-refractivity contribution is -0.135. The minimum atomic E-state index is -1.45. The summed E-state index contributed by atoms with van der Waals surface area (Å²) in [5.74, 6) is -2.56.